The van der Waals surface area contributed by atoms with Crippen LogP contribution < -0.4 is 10.4 Å². The van der Waals surface area contributed by atoms with Crippen molar-refractivity contribution in [3.63, 3.8) is 0 Å². The number of anilines is 3. The van der Waals surface area contributed by atoms with Gasteiger partial charge in [0.15, 0.2) is 0 Å². The maximum Gasteiger partial charge on any atom is 0.139 e. The van der Waals surface area contributed by atoms with Crippen molar-refractivity contribution >= 4 is 46.3 Å². The molecule has 0 bridgehead atoms. The zero-order valence-electron chi connectivity index (χ0n) is 11.8. The molecule has 3 aromatic carbocycles. The van der Waals surface area contributed by atoms with Gasteiger partial charge in [-0.05, 0) is 48.5 Å². The zero-order chi connectivity index (χ0) is 14.7. The van der Waals surface area contributed by atoms with Crippen molar-refractivity contribution in [1.29, 1.82) is 0 Å². The lowest BCUT2D eigenvalue weighted by atomic mass is 9.96. The van der Waals surface area contributed by atoms with Crippen molar-refractivity contribution in [3.05, 3.63) is 83.3 Å². The molecular formula is C18H15BBrN. The van der Waals surface area contributed by atoms with Crippen LogP contribution >= 0.6 is 15.9 Å². The highest BCUT2D eigenvalue weighted by atomic mass is 79.9. The summed E-state index contributed by atoms with van der Waals surface area (Å²) in [4.78, 5) is 2.26. The third-order valence-corrected chi connectivity index (χ3v) is 3.92. The van der Waals surface area contributed by atoms with Crippen LogP contribution in [0.4, 0.5) is 17.1 Å². The highest BCUT2D eigenvalue weighted by Gasteiger charge is 2.11. The van der Waals surface area contributed by atoms with Gasteiger partial charge in [-0.2, -0.15) is 0 Å². The maximum atomic E-state index is 3.50. The van der Waals surface area contributed by atoms with Crippen LogP contribution in [0.15, 0.2) is 83.3 Å². The molecule has 0 saturated carbocycles. The monoisotopic (exact) mass is 335 g/mol. The minimum atomic E-state index is 1.09. The highest BCUT2D eigenvalue weighted by molar-refractivity contribution is 9.10. The molecule has 0 aliphatic carbocycles. The van der Waals surface area contributed by atoms with Crippen molar-refractivity contribution in [2.45, 2.75) is 0 Å². The molecule has 3 aromatic rings. The fourth-order valence-electron chi connectivity index (χ4n) is 2.31. The lowest BCUT2D eigenvalue weighted by Crippen LogP contribution is -2.11. The first-order valence-corrected chi connectivity index (χ1v) is 7.71. The number of para-hydroxylation sites is 1. The highest BCUT2D eigenvalue weighted by Crippen LogP contribution is 2.34. The molecule has 0 aliphatic heterocycles. The average molecular weight is 336 g/mol. The van der Waals surface area contributed by atoms with Crippen LogP contribution in [0.2, 0.25) is 0 Å². The Labute approximate surface area is 134 Å². The lowest BCUT2D eigenvalue weighted by Gasteiger charge is -2.25. The number of halogens is 1. The molecule has 0 fully saturated rings. The van der Waals surface area contributed by atoms with Crippen LogP contribution in [0.25, 0.3) is 0 Å². The van der Waals surface area contributed by atoms with Gasteiger partial charge in [-0.25, -0.2) is 0 Å². The second-order valence-corrected chi connectivity index (χ2v) is 5.90. The molecule has 0 amide bonds. The molecule has 0 radical (unpaired) electrons. The predicted octanol–water partition coefficient (Wildman–Crippen LogP) is 4.18. The van der Waals surface area contributed by atoms with Crippen molar-refractivity contribution in [2.75, 3.05) is 4.90 Å². The van der Waals surface area contributed by atoms with Crippen LogP contribution in [0.3, 0.4) is 0 Å². The molecule has 1 nitrogen and oxygen atoms in total. The molecule has 0 saturated heterocycles. The zero-order valence-corrected chi connectivity index (χ0v) is 13.4. The van der Waals surface area contributed by atoms with Gasteiger partial charge in [0.05, 0.1) is 0 Å². The Hall–Kier alpha value is -2.00. The Morgan fingerprint density at radius 1 is 0.619 bits per heavy atom. The molecule has 0 aromatic heterocycles. The van der Waals surface area contributed by atoms with Gasteiger partial charge in [0.2, 0.25) is 0 Å². The van der Waals surface area contributed by atoms with Gasteiger partial charge < -0.3 is 4.90 Å². The van der Waals surface area contributed by atoms with Crippen LogP contribution in [0.1, 0.15) is 0 Å². The topological polar surface area (TPSA) is 3.24 Å². The molecule has 0 unspecified atom stereocenters. The summed E-state index contributed by atoms with van der Waals surface area (Å²) in [6.45, 7) is 0. The number of benzene rings is 3. The summed E-state index contributed by atoms with van der Waals surface area (Å²) in [6, 6.07) is 27.4. The second-order valence-electron chi connectivity index (χ2n) is 4.98. The molecule has 0 atom stereocenters. The molecule has 0 heterocycles. The van der Waals surface area contributed by atoms with E-state index in [1.807, 2.05) is 6.07 Å². The quantitative estimate of drug-likeness (QED) is 0.649. The van der Waals surface area contributed by atoms with Gasteiger partial charge in [-0.3, -0.25) is 0 Å². The number of nitrogens with zero attached hydrogens (tertiary/aromatic N) is 1. The van der Waals surface area contributed by atoms with Gasteiger partial charge in [0.1, 0.15) is 7.85 Å². The van der Waals surface area contributed by atoms with Crippen LogP contribution in [0, 0.1) is 0 Å². The van der Waals surface area contributed by atoms with E-state index in [-0.39, 0.29) is 0 Å². The molecule has 0 spiro atoms. The maximum absolute atomic E-state index is 3.50. The van der Waals surface area contributed by atoms with Crippen molar-refractivity contribution in [1.82, 2.24) is 0 Å². The Morgan fingerprint density at radius 3 is 1.67 bits per heavy atom. The SMILES string of the molecule is Bc1ccc(N(c2ccccc2)c2ccc(Br)cc2)cc1. The molecule has 3 heteroatoms. The summed E-state index contributed by atoms with van der Waals surface area (Å²) in [6.07, 6.45) is 0. The van der Waals surface area contributed by atoms with Crippen molar-refractivity contribution < 1.29 is 0 Å². The minimum Gasteiger partial charge on any atom is -0.311 e. The fourth-order valence-corrected chi connectivity index (χ4v) is 2.57. The van der Waals surface area contributed by atoms with Crippen LogP contribution in [-0.4, -0.2) is 7.85 Å². The van der Waals surface area contributed by atoms with Gasteiger partial charge in [0.25, 0.3) is 0 Å². The first-order valence-electron chi connectivity index (χ1n) is 6.91. The Morgan fingerprint density at radius 2 is 1.10 bits per heavy atom. The second kappa shape index (κ2) is 6.19. The number of hydrogen-bond donors (Lipinski definition) is 0. The molecular weight excluding hydrogens is 321 g/mol. The van der Waals surface area contributed by atoms with Crippen molar-refractivity contribution in [3.8, 4) is 0 Å². The third kappa shape index (κ3) is 3.19. The predicted molar refractivity (Wildman–Crippen MR) is 97.0 cm³/mol. The van der Waals surface area contributed by atoms with E-state index in [1.165, 1.54) is 5.46 Å². The average Bonchev–Trinajstić information content (AvgIpc) is 2.52. The van der Waals surface area contributed by atoms with E-state index in [4.69, 9.17) is 0 Å². The summed E-state index contributed by atoms with van der Waals surface area (Å²) < 4.78 is 1.09. The first kappa shape index (κ1) is 14.0. The van der Waals surface area contributed by atoms with E-state index in [2.05, 4.69) is 101 Å². The lowest BCUT2D eigenvalue weighted by molar-refractivity contribution is 1.28. The van der Waals surface area contributed by atoms with Crippen molar-refractivity contribution in [2.24, 2.45) is 0 Å². The largest absolute Gasteiger partial charge is 0.311 e. The van der Waals surface area contributed by atoms with Gasteiger partial charge in [0, 0.05) is 21.5 Å². The minimum absolute atomic E-state index is 1.09. The molecule has 0 aliphatic rings. The molecule has 21 heavy (non-hydrogen) atoms. The van der Waals surface area contributed by atoms with E-state index in [1.54, 1.807) is 0 Å². The van der Waals surface area contributed by atoms with E-state index in [0.717, 1.165) is 21.5 Å². The Bertz CT molecular complexity index is 663. The van der Waals surface area contributed by atoms with E-state index >= 15 is 0 Å². The molecule has 102 valence electrons. The summed E-state index contributed by atoms with van der Waals surface area (Å²) in [5, 5.41) is 0. The van der Waals surface area contributed by atoms with E-state index < -0.39 is 0 Å². The first-order chi connectivity index (χ1) is 10.2. The summed E-state index contributed by atoms with van der Waals surface area (Å²) in [5.41, 5.74) is 4.73. The smallest absolute Gasteiger partial charge is 0.139 e. The Kier molecular flexibility index (Phi) is 4.12. The fraction of sp³-hybridized carbons (Fsp3) is 0. The normalized spacial score (nSPS) is 10.3. The molecule has 0 N–H and O–H groups in total. The third-order valence-electron chi connectivity index (χ3n) is 3.39. The number of rotatable bonds is 3. The number of hydrogen-bond acceptors (Lipinski definition) is 1. The van der Waals surface area contributed by atoms with Gasteiger partial charge in [-0.1, -0.05) is 51.7 Å². The standard InChI is InChI=1S/C18H15BBrN/c19-14-6-10-17(11-7-14)21(16-4-2-1-3-5-16)18-12-8-15(20)9-13-18/h1-13H,19H2. The van der Waals surface area contributed by atoms with Gasteiger partial charge in [-0.15, -0.1) is 0 Å². The summed E-state index contributed by atoms with van der Waals surface area (Å²) in [7, 11) is 2.11. The summed E-state index contributed by atoms with van der Waals surface area (Å²) in [5.74, 6) is 0. The van der Waals surface area contributed by atoms with Crippen LogP contribution in [-0.2, 0) is 0 Å². The van der Waals surface area contributed by atoms with Crippen LogP contribution in [0.5, 0.6) is 0 Å². The van der Waals surface area contributed by atoms with Gasteiger partial charge >= 0.3 is 0 Å². The van der Waals surface area contributed by atoms with E-state index in [0.29, 0.717) is 0 Å². The Balaban J connectivity index is 2.11. The molecule has 3 rings (SSSR count). The summed E-state index contributed by atoms with van der Waals surface area (Å²) >= 11 is 3.50. The van der Waals surface area contributed by atoms with E-state index in [9.17, 15) is 0 Å².